The standard InChI is InChI=1S/C51H86N12O17/c1-7-8-9-10-11-12-13-14-15-16-22-62-44(71)34(39(80-47-41(77-6)36(66)29(25-52)78-47)40-37(67)38(68)45(79-40)63-24-19-30(64)57-50(63)75)61(51(62)76)23-17-20-54-42(69)33(35(65)27(4)5)58-43(70)32(28-18-21-55-48(53)56-28)60-49(74)59-31(26(2)3)46(72)73/h19,24,26-29,31-41,45,47,65-68H,7-18,20-23,25,52H2,1-6H3,(H,54,69)(H,58,70)(H,72,73)(H3,53,55,56)(H,57,64,75)(H2,59,60,74)/t28-,29+,31-,32-,33-,34?,35-,36+,37-,38+,39?,40-,41+,45+,47-/m0/s1. The quantitative estimate of drug-likeness (QED) is 0.0265. The summed E-state index contributed by atoms with van der Waals surface area (Å²) in [5, 5.41) is 68.2. The number of nitrogens with two attached hydrogens (primary N) is 2. The molecule has 5 heterocycles. The molecule has 0 aliphatic carbocycles. The van der Waals surface area contributed by atoms with Crippen molar-refractivity contribution < 1.29 is 73.2 Å². The first kappa shape index (κ1) is 65.0. The molecule has 0 spiro atoms. The van der Waals surface area contributed by atoms with E-state index in [2.05, 4.69) is 43.5 Å². The fourth-order valence-corrected chi connectivity index (χ4v) is 10.3. The summed E-state index contributed by atoms with van der Waals surface area (Å²) >= 11 is 0. The number of carbonyl (C=O) groups is 6. The third kappa shape index (κ3) is 16.7. The molecule has 5 rings (SSSR count). The molecule has 0 aromatic carbocycles. The Hall–Kier alpha value is -5.79. The van der Waals surface area contributed by atoms with E-state index in [1.54, 1.807) is 27.7 Å². The highest BCUT2D eigenvalue weighted by Crippen LogP contribution is 2.38. The number of nitrogens with one attached hydrogen (secondary N) is 6. The minimum atomic E-state index is -1.92. The van der Waals surface area contributed by atoms with Crippen molar-refractivity contribution in [2.45, 2.75) is 203 Å². The Morgan fingerprint density at radius 2 is 1.51 bits per heavy atom. The van der Waals surface area contributed by atoms with Crippen LogP contribution < -0.4 is 49.3 Å². The summed E-state index contributed by atoms with van der Waals surface area (Å²) in [6, 6.07) is -7.81. The molecule has 15 N–H and O–H groups in total. The van der Waals surface area contributed by atoms with Gasteiger partial charge in [-0.15, -0.1) is 0 Å². The molecule has 0 radical (unpaired) electrons. The molecule has 1 aromatic rings. The van der Waals surface area contributed by atoms with Crippen molar-refractivity contribution in [1.29, 1.82) is 0 Å². The van der Waals surface area contributed by atoms with Crippen LogP contribution in [-0.4, -0.2) is 212 Å². The number of carboxylic acids is 1. The van der Waals surface area contributed by atoms with Crippen LogP contribution >= 0.6 is 0 Å². The largest absolute Gasteiger partial charge is 0.480 e. The number of guanidine groups is 1. The second kappa shape index (κ2) is 30.9. The molecule has 29 heteroatoms. The van der Waals surface area contributed by atoms with Gasteiger partial charge in [-0.25, -0.2) is 19.2 Å². The van der Waals surface area contributed by atoms with Gasteiger partial charge in [-0.05, 0) is 31.1 Å². The second-order valence-corrected chi connectivity index (χ2v) is 21.5. The van der Waals surface area contributed by atoms with E-state index in [9.17, 15) is 63.9 Å². The van der Waals surface area contributed by atoms with Crippen LogP contribution in [0.25, 0.3) is 0 Å². The summed E-state index contributed by atoms with van der Waals surface area (Å²) in [6.07, 6.45) is -4.71. The third-order valence-corrected chi connectivity index (χ3v) is 14.9. The number of rotatable bonds is 32. The summed E-state index contributed by atoms with van der Waals surface area (Å²) in [4.78, 5) is 116. The Labute approximate surface area is 464 Å². The van der Waals surface area contributed by atoms with Crippen LogP contribution in [0, 0.1) is 11.8 Å². The number of urea groups is 2. The fourth-order valence-electron chi connectivity index (χ4n) is 10.3. The normalized spacial score (nSPS) is 26.9. The number of aliphatic carboxylic acids is 1. The van der Waals surface area contributed by atoms with Gasteiger partial charge in [-0.2, -0.15) is 0 Å². The van der Waals surface area contributed by atoms with E-state index in [1.807, 2.05) is 0 Å². The van der Waals surface area contributed by atoms with Crippen LogP contribution in [0.5, 0.6) is 0 Å². The number of unbranched alkanes of at least 4 members (excludes halogenated alkanes) is 9. The van der Waals surface area contributed by atoms with Gasteiger partial charge in [-0.1, -0.05) is 92.4 Å². The number of aromatic nitrogens is 2. The minimum absolute atomic E-state index is 0.0229. The van der Waals surface area contributed by atoms with Crippen LogP contribution in [0.15, 0.2) is 26.8 Å². The van der Waals surface area contributed by atoms with Gasteiger partial charge in [0.15, 0.2) is 18.5 Å². The number of hydrogen-bond acceptors (Lipinski definition) is 20. The summed E-state index contributed by atoms with van der Waals surface area (Å²) in [6.45, 7) is 7.92. The summed E-state index contributed by atoms with van der Waals surface area (Å²) in [5.41, 5.74) is 10.1. The summed E-state index contributed by atoms with van der Waals surface area (Å²) in [5.74, 6) is -5.13. The molecule has 0 bridgehead atoms. The zero-order valence-electron chi connectivity index (χ0n) is 46.6. The van der Waals surface area contributed by atoms with Crippen LogP contribution in [-0.2, 0) is 38.1 Å². The second-order valence-electron chi connectivity index (χ2n) is 21.5. The lowest BCUT2D eigenvalue weighted by molar-refractivity contribution is -0.233. The Kier molecular flexibility index (Phi) is 25.1. The number of aliphatic hydroxyl groups excluding tert-OH is 4. The van der Waals surface area contributed by atoms with E-state index in [0.29, 0.717) is 12.8 Å². The van der Waals surface area contributed by atoms with E-state index in [-0.39, 0.29) is 51.5 Å². The summed E-state index contributed by atoms with van der Waals surface area (Å²) in [7, 11) is 1.26. The highest BCUT2D eigenvalue weighted by atomic mass is 16.7. The van der Waals surface area contributed by atoms with Crippen molar-refractivity contribution >= 4 is 41.7 Å². The molecule has 7 amide bonds. The van der Waals surface area contributed by atoms with Gasteiger partial charge in [-0.3, -0.25) is 38.6 Å². The first-order chi connectivity index (χ1) is 38.1. The summed E-state index contributed by atoms with van der Waals surface area (Å²) < 4.78 is 25.0. The van der Waals surface area contributed by atoms with Gasteiger partial charge >= 0.3 is 23.7 Å². The average Bonchev–Trinajstić information content (AvgIpc) is 4.08. The van der Waals surface area contributed by atoms with E-state index in [1.165, 1.54) is 20.0 Å². The van der Waals surface area contributed by atoms with Crippen molar-refractivity contribution in [2.75, 3.05) is 39.8 Å². The molecule has 80 heavy (non-hydrogen) atoms. The van der Waals surface area contributed by atoms with Gasteiger partial charge < -0.3 is 87.4 Å². The number of aromatic amines is 1. The number of carbonyl (C=O) groups excluding carboxylic acids is 5. The van der Waals surface area contributed by atoms with Crippen LogP contribution in [0.4, 0.5) is 9.59 Å². The van der Waals surface area contributed by atoms with E-state index < -0.39 is 150 Å². The van der Waals surface area contributed by atoms with Gasteiger partial charge in [0, 0.05) is 52.1 Å². The molecule has 3 fully saturated rings. The first-order valence-electron chi connectivity index (χ1n) is 27.9. The molecule has 4 aliphatic heterocycles. The molecule has 29 nitrogen and oxygen atoms in total. The van der Waals surface area contributed by atoms with Gasteiger partial charge in [0.25, 0.3) is 11.5 Å². The van der Waals surface area contributed by atoms with Crippen molar-refractivity contribution in [3.05, 3.63) is 33.1 Å². The molecule has 1 aromatic heterocycles. The Morgan fingerprint density at radius 3 is 2.10 bits per heavy atom. The van der Waals surface area contributed by atoms with Crippen molar-refractivity contribution in [3.8, 4) is 0 Å². The van der Waals surface area contributed by atoms with Crippen LogP contribution in [0.3, 0.4) is 0 Å². The van der Waals surface area contributed by atoms with Gasteiger partial charge in [0.05, 0.1) is 12.1 Å². The van der Waals surface area contributed by atoms with Crippen molar-refractivity contribution in [3.63, 3.8) is 0 Å². The molecule has 4 aliphatic rings. The lowest BCUT2D eigenvalue weighted by Crippen LogP contribution is -2.66. The van der Waals surface area contributed by atoms with Gasteiger partial charge in [0.1, 0.15) is 66.9 Å². The Bertz CT molecular complexity index is 2380. The lowest BCUT2D eigenvalue weighted by Gasteiger charge is -2.36. The number of methoxy groups -OCH3 is 1. The third-order valence-electron chi connectivity index (χ3n) is 14.9. The average molecular weight is 1140 g/mol. The maximum absolute atomic E-state index is 14.9. The maximum Gasteiger partial charge on any atom is 0.330 e. The molecule has 3 saturated heterocycles. The van der Waals surface area contributed by atoms with Gasteiger partial charge in [0.2, 0.25) is 11.8 Å². The maximum atomic E-state index is 14.9. The number of nitrogens with zero attached hydrogens (tertiary/aromatic N) is 4. The molecule has 15 atom stereocenters. The number of amides is 7. The molecule has 452 valence electrons. The number of aliphatic imine (C=N–C) groups is 1. The predicted octanol–water partition coefficient (Wildman–Crippen LogP) is -2.38. The van der Waals surface area contributed by atoms with Crippen molar-refractivity contribution in [1.82, 2.24) is 45.9 Å². The number of aliphatic hydroxyl groups is 4. The SMILES string of the molecule is CCCCCCCCCCCCN1C(=O)C(C(O[C@@H]2O[C@H](CN)[C@@H](O)[C@H]2OC)[C@H]2O[C@@H](n3ccc(=O)[nH]c3=O)[C@H](O)[C@@H]2O)N(CCCNC(=O)[C@@H](NC(=O)[C@@H](NC(=O)N[C@H](C(=O)O)C(C)C)[C@@H]2CCN=C(N)N2)[C@@H](O)C(C)C)C1=O. The first-order valence-corrected chi connectivity index (χ1v) is 27.9. The lowest BCUT2D eigenvalue weighted by atomic mass is 9.97. The molecular formula is C51H86N12O17. The number of carboxylic acid groups (broad SMARTS) is 1. The predicted molar refractivity (Wildman–Crippen MR) is 286 cm³/mol. The number of H-pyrrole nitrogens is 1. The Balaban J connectivity index is 1.41. The molecule has 2 unspecified atom stereocenters. The molecule has 0 saturated carbocycles. The minimum Gasteiger partial charge on any atom is -0.480 e. The topological polar surface area (TPSA) is 426 Å². The Morgan fingerprint density at radius 1 is 0.850 bits per heavy atom. The highest BCUT2D eigenvalue weighted by molar-refractivity contribution is 6.04. The molecular weight excluding hydrogens is 1050 g/mol. The van der Waals surface area contributed by atoms with Crippen molar-refractivity contribution in [2.24, 2.45) is 28.3 Å². The van der Waals surface area contributed by atoms with Crippen LogP contribution in [0.1, 0.15) is 118 Å². The number of ether oxygens (including phenoxy) is 4. The monoisotopic (exact) mass is 1140 g/mol. The van der Waals surface area contributed by atoms with E-state index in [0.717, 1.165) is 65.2 Å². The van der Waals surface area contributed by atoms with E-state index in [4.69, 9.17) is 30.4 Å². The van der Waals surface area contributed by atoms with E-state index >= 15 is 0 Å². The number of hydrogen-bond donors (Lipinski definition) is 13. The highest BCUT2D eigenvalue weighted by Gasteiger charge is 2.59. The van der Waals surface area contributed by atoms with Crippen LogP contribution in [0.2, 0.25) is 0 Å². The number of imide groups is 1. The zero-order chi connectivity index (χ0) is 59.0. The zero-order valence-corrected chi connectivity index (χ0v) is 46.6. The smallest absolute Gasteiger partial charge is 0.330 e. The fraction of sp³-hybridized carbons (Fsp3) is 0.784.